The van der Waals surface area contributed by atoms with Crippen molar-refractivity contribution in [1.82, 2.24) is 20.0 Å². The van der Waals surface area contributed by atoms with Crippen molar-refractivity contribution in [3.05, 3.63) is 0 Å². The van der Waals surface area contributed by atoms with Crippen LogP contribution in [0.5, 0.6) is 0 Å². The maximum atomic E-state index is 12.5. The number of likely N-dealkylation sites (tertiary alicyclic amines) is 3. The van der Waals surface area contributed by atoms with Gasteiger partial charge >= 0.3 is 6.09 Å². The summed E-state index contributed by atoms with van der Waals surface area (Å²) >= 11 is 0. The molecule has 4 aliphatic rings. The lowest BCUT2D eigenvalue weighted by molar-refractivity contribution is 0.0271. The Labute approximate surface area is 170 Å². The topological polar surface area (TPSA) is 48.1 Å². The average molecular weight is 393 g/mol. The van der Waals surface area contributed by atoms with Crippen LogP contribution in [0.25, 0.3) is 0 Å². The molecule has 1 spiro atoms. The van der Waals surface area contributed by atoms with E-state index in [1.807, 2.05) is 25.7 Å². The SMILES string of the molecule is CC(C)(C)OC(=O)N1CCC2(CCN(C3CNCCC3CN3CCCC3)C2)C1. The zero-order chi connectivity index (χ0) is 19.8. The average Bonchev–Trinajstić information content (AvgIpc) is 3.37. The summed E-state index contributed by atoms with van der Waals surface area (Å²) in [5.74, 6) is 0.790. The van der Waals surface area contributed by atoms with Crippen LogP contribution in [0.4, 0.5) is 4.79 Å². The minimum Gasteiger partial charge on any atom is -0.444 e. The molecule has 0 aromatic carbocycles. The first-order valence-corrected chi connectivity index (χ1v) is 11.5. The number of hydrogen-bond donors (Lipinski definition) is 1. The molecule has 6 nitrogen and oxygen atoms in total. The van der Waals surface area contributed by atoms with Crippen LogP contribution in [0.15, 0.2) is 0 Å². The first kappa shape index (κ1) is 20.4. The summed E-state index contributed by atoms with van der Waals surface area (Å²) in [5.41, 5.74) is -0.127. The van der Waals surface area contributed by atoms with E-state index in [9.17, 15) is 4.79 Å². The second kappa shape index (κ2) is 8.11. The monoisotopic (exact) mass is 392 g/mol. The van der Waals surface area contributed by atoms with Gasteiger partial charge in [-0.3, -0.25) is 4.90 Å². The van der Waals surface area contributed by atoms with Gasteiger partial charge in [-0.15, -0.1) is 0 Å². The molecule has 4 heterocycles. The quantitative estimate of drug-likeness (QED) is 0.799. The number of ether oxygens (including phenoxy) is 1. The molecule has 0 aromatic heterocycles. The highest BCUT2D eigenvalue weighted by atomic mass is 16.6. The number of rotatable bonds is 3. The smallest absolute Gasteiger partial charge is 0.410 e. The summed E-state index contributed by atoms with van der Waals surface area (Å²) in [6.45, 7) is 16.1. The summed E-state index contributed by atoms with van der Waals surface area (Å²) in [6, 6.07) is 0.657. The van der Waals surface area contributed by atoms with E-state index < -0.39 is 5.60 Å². The summed E-state index contributed by atoms with van der Waals surface area (Å²) in [6.07, 6.45) is 6.27. The fraction of sp³-hybridized carbons (Fsp3) is 0.955. The standard InChI is InChI=1S/C22H40N4O2/c1-21(2,3)28-20(27)26-13-8-22(17-26)7-12-25(16-22)19-14-23-9-6-18(19)15-24-10-4-5-11-24/h18-19,23H,4-17H2,1-3H3. The Hall–Kier alpha value is -0.850. The Bertz CT molecular complexity index is 557. The predicted molar refractivity (Wildman–Crippen MR) is 111 cm³/mol. The second-order valence-corrected chi connectivity index (χ2v) is 10.7. The number of carbonyl (C=O) groups is 1. The number of nitrogens with one attached hydrogen (secondary N) is 1. The third kappa shape index (κ3) is 4.65. The van der Waals surface area contributed by atoms with Gasteiger partial charge < -0.3 is 19.9 Å². The van der Waals surface area contributed by atoms with Crippen molar-refractivity contribution in [3.63, 3.8) is 0 Å². The maximum Gasteiger partial charge on any atom is 0.410 e. The molecule has 4 fully saturated rings. The molecule has 4 aliphatic heterocycles. The molecule has 3 atom stereocenters. The van der Waals surface area contributed by atoms with Crippen LogP contribution in [0.2, 0.25) is 0 Å². The van der Waals surface area contributed by atoms with Crippen LogP contribution in [-0.4, -0.2) is 91.3 Å². The molecule has 1 amide bonds. The van der Waals surface area contributed by atoms with Gasteiger partial charge in [-0.2, -0.15) is 0 Å². The van der Waals surface area contributed by atoms with Crippen LogP contribution in [0, 0.1) is 11.3 Å². The van der Waals surface area contributed by atoms with E-state index in [1.54, 1.807) is 0 Å². The van der Waals surface area contributed by atoms with Gasteiger partial charge in [0.1, 0.15) is 5.60 Å². The van der Waals surface area contributed by atoms with Crippen molar-refractivity contribution < 1.29 is 9.53 Å². The molecule has 6 heteroatoms. The van der Waals surface area contributed by atoms with Gasteiger partial charge in [0, 0.05) is 44.2 Å². The van der Waals surface area contributed by atoms with Crippen molar-refractivity contribution in [2.45, 2.75) is 64.5 Å². The Morgan fingerprint density at radius 2 is 1.86 bits per heavy atom. The molecule has 0 aromatic rings. The zero-order valence-electron chi connectivity index (χ0n) is 18.2. The van der Waals surface area contributed by atoms with Crippen molar-refractivity contribution >= 4 is 6.09 Å². The molecule has 160 valence electrons. The molecular formula is C22H40N4O2. The van der Waals surface area contributed by atoms with Crippen LogP contribution < -0.4 is 5.32 Å². The Morgan fingerprint density at radius 3 is 2.61 bits per heavy atom. The molecule has 0 bridgehead atoms. The van der Waals surface area contributed by atoms with Crippen molar-refractivity contribution in [2.75, 3.05) is 58.9 Å². The molecular weight excluding hydrogens is 352 g/mol. The zero-order valence-corrected chi connectivity index (χ0v) is 18.2. The highest BCUT2D eigenvalue weighted by Gasteiger charge is 2.48. The molecule has 0 aliphatic carbocycles. The number of hydrogen-bond acceptors (Lipinski definition) is 5. The normalized spacial score (nSPS) is 35.2. The predicted octanol–water partition coefficient (Wildman–Crippen LogP) is 2.39. The lowest BCUT2D eigenvalue weighted by Gasteiger charge is -2.40. The maximum absolute atomic E-state index is 12.5. The van der Waals surface area contributed by atoms with Crippen LogP contribution in [0.3, 0.4) is 0 Å². The van der Waals surface area contributed by atoms with Gasteiger partial charge in [0.2, 0.25) is 0 Å². The molecule has 4 rings (SSSR count). The van der Waals surface area contributed by atoms with Gasteiger partial charge in [0.05, 0.1) is 0 Å². The van der Waals surface area contributed by atoms with Crippen molar-refractivity contribution in [2.24, 2.45) is 11.3 Å². The van der Waals surface area contributed by atoms with E-state index >= 15 is 0 Å². The lowest BCUT2D eigenvalue weighted by Crippen LogP contribution is -2.53. The molecule has 3 unspecified atom stereocenters. The fourth-order valence-corrected chi connectivity index (χ4v) is 5.84. The minimum absolute atomic E-state index is 0.130. The van der Waals surface area contributed by atoms with Gasteiger partial charge in [0.15, 0.2) is 0 Å². The Balaban J connectivity index is 1.34. The summed E-state index contributed by atoms with van der Waals surface area (Å²) in [7, 11) is 0. The number of carbonyl (C=O) groups excluding carboxylic acids is 1. The van der Waals surface area contributed by atoms with E-state index in [0.717, 1.165) is 38.5 Å². The Morgan fingerprint density at radius 1 is 1.11 bits per heavy atom. The van der Waals surface area contributed by atoms with Gasteiger partial charge in [-0.05, 0) is 85.0 Å². The van der Waals surface area contributed by atoms with E-state index in [4.69, 9.17) is 4.74 Å². The summed E-state index contributed by atoms with van der Waals surface area (Å²) in [5, 5.41) is 3.65. The highest BCUT2D eigenvalue weighted by molar-refractivity contribution is 5.68. The van der Waals surface area contributed by atoms with Crippen LogP contribution >= 0.6 is 0 Å². The number of amides is 1. The second-order valence-electron chi connectivity index (χ2n) is 10.7. The van der Waals surface area contributed by atoms with Crippen LogP contribution in [0.1, 0.15) is 52.9 Å². The number of piperidine rings is 1. The summed E-state index contributed by atoms with van der Waals surface area (Å²) in [4.78, 5) is 19.9. The van der Waals surface area contributed by atoms with E-state index in [-0.39, 0.29) is 11.5 Å². The Kier molecular flexibility index (Phi) is 5.92. The third-order valence-electron chi connectivity index (χ3n) is 7.31. The van der Waals surface area contributed by atoms with Gasteiger partial charge in [-0.1, -0.05) is 0 Å². The van der Waals surface area contributed by atoms with E-state index in [1.165, 1.54) is 58.4 Å². The summed E-state index contributed by atoms with van der Waals surface area (Å²) < 4.78 is 5.62. The third-order valence-corrected chi connectivity index (χ3v) is 7.31. The van der Waals surface area contributed by atoms with Gasteiger partial charge in [-0.25, -0.2) is 4.79 Å². The fourth-order valence-electron chi connectivity index (χ4n) is 5.84. The molecule has 4 saturated heterocycles. The van der Waals surface area contributed by atoms with Gasteiger partial charge in [0.25, 0.3) is 0 Å². The van der Waals surface area contributed by atoms with Crippen molar-refractivity contribution in [1.29, 1.82) is 0 Å². The largest absolute Gasteiger partial charge is 0.444 e. The lowest BCUT2D eigenvalue weighted by atomic mass is 9.86. The highest BCUT2D eigenvalue weighted by Crippen LogP contribution is 2.41. The number of nitrogens with zero attached hydrogens (tertiary/aromatic N) is 3. The minimum atomic E-state index is -0.412. The molecule has 0 radical (unpaired) electrons. The van der Waals surface area contributed by atoms with Crippen molar-refractivity contribution in [3.8, 4) is 0 Å². The van der Waals surface area contributed by atoms with E-state index in [2.05, 4.69) is 15.1 Å². The molecule has 0 saturated carbocycles. The molecule has 28 heavy (non-hydrogen) atoms. The first-order valence-electron chi connectivity index (χ1n) is 11.5. The van der Waals surface area contributed by atoms with Crippen LogP contribution in [-0.2, 0) is 4.74 Å². The molecule has 1 N–H and O–H groups in total. The van der Waals surface area contributed by atoms with E-state index in [0.29, 0.717) is 6.04 Å². The first-order chi connectivity index (χ1) is 13.3.